The lowest BCUT2D eigenvalue weighted by Crippen LogP contribution is -2.25. The summed E-state index contributed by atoms with van der Waals surface area (Å²) in [5.41, 5.74) is 4.15. The van der Waals surface area contributed by atoms with Gasteiger partial charge in [-0.15, -0.1) is 0 Å². The van der Waals surface area contributed by atoms with Crippen LogP contribution in [0.25, 0.3) is 27.8 Å². The van der Waals surface area contributed by atoms with Crippen LogP contribution in [-0.4, -0.2) is 33.7 Å². The van der Waals surface area contributed by atoms with Crippen LogP contribution in [0.15, 0.2) is 95.8 Å². The number of rotatable bonds is 9. The third-order valence-electron chi connectivity index (χ3n) is 6.54. The Morgan fingerprint density at radius 1 is 0.897 bits per heavy atom. The minimum Gasteiger partial charge on any atom is -0.462 e. The van der Waals surface area contributed by atoms with Crippen molar-refractivity contribution in [3.05, 3.63) is 118 Å². The number of carbonyl (C=O) groups is 1. The highest BCUT2D eigenvalue weighted by Crippen LogP contribution is 2.37. The van der Waals surface area contributed by atoms with E-state index in [-0.39, 0.29) is 6.61 Å². The van der Waals surface area contributed by atoms with Crippen molar-refractivity contribution in [1.82, 2.24) is 14.5 Å². The van der Waals surface area contributed by atoms with Crippen LogP contribution in [0.3, 0.4) is 0 Å². The lowest BCUT2D eigenvalue weighted by molar-refractivity contribution is 0.0526. The molecule has 5 aromatic rings. The van der Waals surface area contributed by atoms with Crippen molar-refractivity contribution in [3.63, 3.8) is 0 Å². The molecule has 0 radical (unpaired) electrons. The molecule has 0 fully saturated rings. The fourth-order valence-corrected chi connectivity index (χ4v) is 4.79. The average Bonchev–Trinajstić information content (AvgIpc) is 2.96. The molecule has 196 valence electrons. The molecule has 2 heterocycles. The molecule has 0 saturated heterocycles. The zero-order chi connectivity index (χ0) is 27.2. The maximum atomic E-state index is 13.5. The number of anilines is 1. The highest BCUT2D eigenvalue weighted by Gasteiger charge is 2.26. The molecule has 0 aliphatic carbocycles. The minimum absolute atomic E-state index is 0.233. The molecule has 0 unspecified atom stereocenters. The number of benzene rings is 3. The first kappa shape index (κ1) is 25.9. The Morgan fingerprint density at radius 2 is 1.54 bits per heavy atom. The summed E-state index contributed by atoms with van der Waals surface area (Å²) in [5, 5.41) is 3.98. The Hall–Kier alpha value is -4.78. The van der Waals surface area contributed by atoms with Crippen molar-refractivity contribution < 1.29 is 9.53 Å². The molecular formula is C32H30N4O3. The van der Waals surface area contributed by atoms with Crippen LogP contribution in [0, 0.1) is 6.92 Å². The number of pyridine rings is 1. The summed E-state index contributed by atoms with van der Waals surface area (Å²) >= 11 is 0. The number of fused-ring (bicyclic) bond motifs is 1. The van der Waals surface area contributed by atoms with Crippen LogP contribution in [0.2, 0.25) is 0 Å². The second kappa shape index (κ2) is 11.7. The molecule has 0 bridgehead atoms. The van der Waals surface area contributed by atoms with Crippen molar-refractivity contribution >= 4 is 22.8 Å². The van der Waals surface area contributed by atoms with Gasteiger partial charge in [0.05, 0.1) is 28.9 Å². The van der Waals surface area contributed by atoms with Crippen LogP contribution >= 0.6 is 0 Å². The lowest BCUT2D eigenvalue weighted by Gasteiger charge is -2.20. The second-order valence-corrected chi connectivity index (χ2v) is 9.16. The Kier molecular flexibility index (Phi) is 7.78. The summed E-state index contributed by atoms with van der Waals surface area (Å²) < 4.78 is 6.96. The molecule has 0 spiro atoms. The van der Waals surface area contributed by atoms with Gasteiger partial charge in [-0.1, -0.05) is 78.9 Å². The van der Waals surface area contributed by atoms with Gasteiger partial charge in [0.25, 0.3) is 0 Å². The fraction of sp³-hybridized carbons (Fsp3) is 0.188. The number of para-hydroxylation sites is 1. The summed E-state index contributed by atoms with van der Waals surface area (Å²) in [4.78, 5) is 36.1. The van der Waals surface area contributed by atoms with E-state index in [1.165, 1.54) is 10.1 Å². The second-order valence-electron chi connectivity index (χ2n) is 9.16. The van der Waals surface area contributed by atoms with E-state index in [0.717, 1.165) is 18.4 Å². The van der Waals surface area contributed by atoms with Gasteiger partial charge >= 0.3 is 11.7 Å². The van der Waals surface area contributed by atoms with Crippen molar-refractivity contribution in [2.24, 2.45) is 0 Å². The van der Waals surface area contributed by atoms with E-state index in [1.807, 2.05) is 78.9 Å². The third kappa shape index (κ3) is 5.43. The Labute approximate surface area is 227 Å². The van der Waals surface area contributed by atoms with E-state index in [2.05, 4.69) is 22.4 Å². The van der Waals surface area contributed by atoms with E-state index in [9.17, 15) is 9.59 Å². The number of nitrogens with zero attached hydrogens (tertiary/aromatic N) is 3. The molecule has 0 saturated carbocycles. The van der Waals surface area contributed by atoms with Crippen molar-refractivity contribution in [2.75, 3.05) is 18.5 Å². The summed E-state index contributed by atoms with van der Waals surface area (Å²) in [5.74, 6) is -0.0668. The van der Waals surface area contributed by atoms with Gasteiger partial charge in [0.2, 0.25) is 0 Å². The van der Waals surface area contributed by atoms with Gasteiger partial charge in [-0.2, -0.15) is 4.98 Å². The largest absolute Gasteiger partial charge is 0.462 e. The van der Waals surface area contributed by atoms with Gasteiger partial charge in [0.15, 0.2) is 5.65 Å². The normalized spacial score (nSPS) is 10.9. The standard InChI is InChI=1S/C32H30N4O3/c1-3-39-31(37)26-22(2)34-30-28(27(26)24-17-9-5-10-18-24)29(33-21-13-16-23-14-7-4-8-15-23)35-32(38)36(30)25-19-11-6-12-20-25/h4-12,14-15,17-20H,3,13,16,21H2,1-2H3,(H,33,35,38). The van der Waals surface area contributed by atoms with Crippen LogP contribution < -0.4 is 11.0 Å². The predicted octanol–water partition coefficient (Wildman–Crippen LogP) is 5.98. The van der Waals surface area contributed by atoms with Gasteiger partial charge in [-0.3, -0.25) is 0 Å². The molecular weight excluding hydrogens is 488 g/mol. The quantitative estimate of drug-likeness (QED) is 0.191. The summed E-state index contributed by atoms with van der Waals surface area (Å²) in [6, 6.07) is 29.2. The third-order valence-corrected chi connectivity index (χ3v) is 6.54. The number of ether oxygens (including phenoxy) is 1. The first-order chi connectivity index (χ1) is 19.1. The molecule has 0 atom stereocenters. The average molecular weight is 519 g/mol. The zero-order valence-corrected chi connectivity index (χ0v) is 22.1. The van der Waals surface area contributed by atoms with E-state index >= 15 is 0 Å². The number of esters is 1. The molecule has 7 nitrogen and oxygen atoms in total. The summed E-state index contributed by atoms with van der Waals surface area (Å²) in [7, 11) is 0. The van der Waals surface area contributed by atoms with Crippen LogP contribution in [0.1, 0.15) is 35.0 Å². The van der Waals surface area contributed by atoms with Gasteiger partial charge in [0, 0.05) is 12.1 Å². The number of carbonyl (C=O) groups excluding carboxylic acids is 1. The predicted molar refractivity (Wildman–Crippen MR) is 155 cm³/mol. The molecule has 39 heavy (non-hydrogen) atoms. The number of hydrogen-bond donors (Lipinski definition) is 1. The Morgan fingerprint density at radius 3 is 2.21 bits per heavy atom. The van der Waals surface area contributed by atoms with Crippen molar-refractivity contribution in [2.45, 2.75) is 26.7 Å². The van der Waals surface area contributed by atoms with E-state index in [1.54, 1.807) is 13.8 Å². The first-order valence-electron chi connectivity index (χ1n) is 13.1. The van der Waals surface area contributed by atoms with E-state index in [0.29, 0.717) is 45.9 Å². The topological polar surface area (TPSA) is 86.1 Å². The van der Waals surface area contributed by atoms with Crippen LogP contribution in [0.4, 0.5) is 5.82 Å². The number of aryl methyl sites for hydroxylation is 2. The summed E-state index contributed by atoms with van der Waals surface area (Å²) in [6.07, 6.45) is 1.71. The summed E-state index contributed by atoms with van der Waals surface area (Å²) in [6.45, 7) is 4.36. The van der Waals surface area contributed by atoms with Crippen molar-refractivity contribution in [3.8, 4) is 16.8 Å². The van der Waals surface area contributed by atoms with Gasteiger partial charge in [-0.25, -0.2) is 19.1 Å². The number of nitrogens with one attached hydrogen (secondary N) is 1. The Balaban J connectivity index is 1.73. The van der Waals surface area contributed by atoms with Crippen LogP contribution in [0.5, 0.6) is 0 Å². The molecule has 3 aromatic carbocycles. The zero-order valence-electron chi connectivity index (χ0n) is 22.1. The molecule has 2 aromatic heterocycles. The highest BCUT2D eigenvalue weighted by molar-refractivity contribution is 6.10. The first-order valence-corrected chi connectivity index (χ1v) is 13.1. The molecule has 0 amide bonds. The number of aromatic nitrogens is 3. The SMILES string of the molecule is CCOC(=O)c1c(C)nc2c(c(NCCCc3ccccc3)nc(=O)n2-c2ccccc2)c1-c1ccccc1. The van der Waals surface area contributed by atoms with Gasteiger partial charge in [-0.05, 0) is 49.9 Å². The lowest BCUT2D eigenvalue weighted by atomic mass is 9.95. The maximum Gasteiger partial charge on any atom is 0.355 e. The fourth-order valence-electron chi connectivity index (χ4n) is 4.79. The van der Waals surface area contributed by atoms with Gasteiger partial charge in [0.1, 0.15) is 5.82 Å². The molecule has 0 aliphatic heterocycles. The van der Waals surface area contributed by atoms with Gasteiger partial charge < -0.3 is 10.1 Å². The molecule has 0 aliphatic rings. The van der Waals surface area contributed by atoms with Crippen molar-refractivity contribution in [1.29, 1.82) is 0 Å². The minimum atomic E-state index is -0.462. The number of hydrogen-bond acceptors (Lipinski definition) is 6. The monoisotopic (exact) mass is 518 g/mol. The Bertz CT molecular complexity index is 1650. The maximum absolute atomic E-state index is 13.5. The van der Waals surface area contributed by atoms with Crippen LogP contribution in [-0.2, 0) is 11.2 Å². The van der Waals surface area contributed by atoms with E-state index in [4.69, 9.17) is 9.72 Å². The smallest absolute Gasteiger partial charge is 0.355 e. The molecule has 5 rings (SSSR count). The van der Waals surface area contributed by atoms with E-state index < -0.39 is 11.7 Å². The molecule has 1 N–H and O–H groups in total. The molecule has 7 heteroatoms. The highest BCUT2D eigenvalue weighted by atomic mass is 16.5.